The Hall–Kier alpha value is -3.58. The van der Waals surface area contributed by atoms with E-state index in [1.807, 2.05) is 48.3 Å². The minimum atomic E-state index is -0.0698. The Morgan fingerprint density at radius 1 is 1.17 bits per heavy atom. The van der Waals surface area contributed by atoms with Gasteiger partial charge in [0.15, 0.2) is 11.5 Å². The summed E-state index contributed by atoms with van der Waals surface area (Å²) in [6, 6.07) is 13.0. The van der Waals surface area contributed by atoms with Crippen LogP contribution >= 0.6 is 0 Å². The Bertz CT molecular complexity index is 1210. The SMILES string of the molecule is CN(CCO)c1cc(NCc2ccco2)c2c3c(onc13)-c1ccccc1C2=O. The molecule has 0 bridgehead atoms. The van der Waals surface area contributed by atoms with Gasteiger partial charge in [-0.3, -0.25) is 4.79 Å². The molecule has 0 aliphatic heterocycles. The van der Waals surface area contributed by atoms with E-state index in [9.17, 15) is 9.90 Å². The van der Waals surface area contributed by atoms with Crippen molar-refractivity contribution in [3.05, 3.63) is 65.6 Å². The lowest BCUT2D eigenvalue weighted by molar-refractivity contribution is 0.104. The summed E-state index contributed by atoms with van der Waals surface area (Å²) in [7, 11) is 1.87. The second kappa shape index (κ2) is 6.79. The van der Waals surface area contributed by atoms with Gasteiger partial charge in [0.05, 0.1) is 36.1 Å². The molecule has 2 aromatic carbocycles. The second-order valence-corrected chi connectivity index (χ2v) is 7.01. The Balaban J connectivity index is 1.74. The van der Waals surface area contributed by atoms with Crippen molar-refractivity contribution < 1.29 is 18.8 Å². The number of aromatic nitrogens is 1. The van der Waals surface area contributed by atoms with Gasteiger partial charge in [0, 0.05) is 30.4 Å². The zero-order chi connectivity index (χ0) is 20.0. The standard InChI is InChI=1S/C22H19N3O4/c1-25(8-9-26)17-11-16(23-12-13-5-4-10-28-13)18-19-20(17)24-29-22(19)15-7-3-2-6-14(15)21(18)27/h2-7,10-11,23,26H,8-9,12H2,1H3. The highest BCUT2D eigenvalue weighted by Crippen LogP contribution is 2.45. The summed E-state index contributed by atoms with van der Waals surface area (Å²) in [5.41, 5.74) is 3.95. The van der Waals surface area contributed by atoms with Crippen LogP contribution in [0, 0.1) is 0 Å². The quantitative estimate of drug-likeness (QED) is 0.458. The van der Waals surface area contributed by atoms with Gasteiger partial charge in [-0.25, -0.2) is 0 Å². The number of benzene rings is 2. The van der Waals surface area contributed by atoms with Crippen molar-refractivity contribution in [2.24, 2.45) is 0 Å². The molecule has 146 valence electrons. The van der Waals surface area contributed by atoms with E-state index in [2.05, 4.69) is 10.5 Å². The van der Waals surface area contributed by atoms with Crippen LogP contribution in [-0.4, -0.2) is 36.2 Å². The van der Waals surface area contributed by atoms with E-state index in [-0.39, 0.29) is 12.4 Å². The average molecular weight is 389 g/mol. The topological polar surface area (TPSA) is 91.7 Å². The maximum atomic E-state index is 13.4. The summed E-state index contributed by atoms with van der Waals surface area (Å²) >= 11 is 0. The molecule has 0 spiro atoms. The smallest absolute Gasteiger partial charge is 0.196 e. The molecule has 7 heteroatoms. The minimum absolute atomic E-state index is 0.00136. The molecule has 0 unspecified atom stereocenters. The maximum absolute atomic E-state index is 13.4. The molecule has 1 aliphatic carbocycles. The lowest BCUT2D eigenvalue weighted by Gasteiger charge is -2.23. The van der Waals surface area contributed by atoms with Crippen LogP contribution in [0.25, 0.3) is 22.2 Å². The fourth-order valence-electron chi connectivity index (χ4n) is 3.84. The third-order valence-corrected chi connectivity index (χ3v) is 5.26. The molecule has 5 rings (SSSR count). The van der Waals surface area contributed by atoms with Gasteiger partial charge in [-0.1, -0.05) is 29.4 Å². The van der Waals surface area contributed by atoms with Gasteiger partial charge >= 0.3 is 0 Å². The number of ketones is 1. The van der Waals surface area contributed by atoms with Crippen LogP contribution in [0.4, 0.5) is 11.4 Å². The lowest BCUT2D eigenvalue weighted by atomic mass is 9.86. The molecule has 0 amide bonds. The molecule has 29 heavy (non-hydrogen) atoms. The summed E-state index contributed by atoms with van der Waals surface area (Å²) in [6.45, 7) is 0.865. The molecular weight excluding hydrogens is 370 g/mol. The molecular formula is C22H19N3O4. The monoisotopic (exact) mass is 389 g/mol. The van der Waals surface area contributed by atoms with Crippen molar-refractivity contribution in [1.82, 2.24) is 5.16 Å². The van der Waals surface area contributed by atoms with Gasteiger partial charge < -0.3 is 24.3 Å². The Morgan fingerprint density at radius 3 is 2.76 bits per heavy atom. The molecule has 0 atom stereocenters. The van der Waals surface area contributed by atoms with E-state index in [0.29, 0.717) is 46.6 Å². The van der Waals surface area contributed by atoms with Crippen molar-refractivity contribution in [3.8, 4) is 11.3 Å². The normalized spacial score (nSPS) is 12.3. The molecule has 1 aliphatic rings. The van der Waals surface area contributed by atoms with E-state index in [1.54, 1.807) is 12.3 Å². The first-order valence-corrected chi connectivity index (χ1v) is 9.37. The number of hydrogen-bond donors (Lipinski definition) is 2. The Kier molecular flexibility index (Phi) is 4.10. The van der Waals surface area contributed by atoms with Crippen LogP contribution in [0.2, 0.25) is 0 Å². The van der Waals surface area contributed by atoms with Crippen LogP contribution in [0.5, 0.6) is 0 Å². The predicted octanol–water partition coefficient (Wildman–Crippen LogP) is 3.67. The van der Waals surface area contributed by atoms with Gasteiger partial charge in [0.1, 0.15) is 11.3 Å². The molecule has 2 heterocycles. The number of nitrogens with one attached hydrogen (secondary N) is 1. The molecule has 0 saturated carbocycles. The third kappa shape index (κ3) is 2.70. The van der Waals surface area contributed by atoms with Gasteiger partial charge in [-0.15, -0.1) is 0 Å². The summed E-state index contributed by atoms with van der Waals surface area (Å²) in [4.78, 5) is 15.3. The van der Waals surface area contributed by atoms with Crippen LogP contribution in [0.3, 0.4) is 0 Å². The van der Waals surface area contributed by atoms with E-state index in [0.717, 1.165) is 17.0 Å². The number of hydrogen-bond acceptors (Lipinski definition) is 7. The molecule has 0 radical (unpaired) electrons. The number of furan rings is 1. The number of anilines is 2. The number of aliphatic hydroxyl groups excluding tert-OH is 1. The summed E-state index contributed by atoms with van der Waals surface area (Å²) in [5.74, 6) is 1.28. The molecule has 2 N–H and O–H groups in total. The van der Waals surface area contributed by atoms with Crippen LogP contribution < -0.4 is 10.2 Å². The number of rotatable bonds is 6. The van der Waals surface area contributed by atoms with Crippen LogP contribution in [0.15, 0.2) is 57.7 Å². The summed E-state index contributed by atoms with van der Waals surface area (Å²) in [5, 5.41) is 17.7. The van der Waals surface area contributed by atoms with Crippen molar-refractivity contribution in [2.45, 2.75) is 6.54 Å². The number of carbonyl (C=O) groups excluding carboxylic acids is 1. The lowest BCUT2D eigenvalue weighted by Crippen LogP contribution is -2.22. The van der Waals surface area contributed by atoms with Gasteiger partial charge in [0.25, 0.3) is 0 Å². The van der Waals surface area contributed by atoms with E-state index >= 15 is 0 Å². The van der Waals surface area contributed by atoms with Gasteiger partial charge in [-0.05, 0) is 18.2 Å². The largest absolute Gasteiger partial charge is 0.467 e. The summed E-state index contributed by atoms with van der Waals surface area (Å²) < 4.78 is 11.1. The highest BCUT2D eigenvalue weighted by Gasteiger charge is 2.33. The van der Waals surface area contributed by atoms with Crippen LogP contribution in [0.1, 0.15) is 21.7 Å². The fraction of sp³-hybridized carbons (Fsp3) is 0.182. The predicted molar refractivity (Wildman–Crippen MR) is 109 cm³/mol. The highest BCUT2D eigenvalue weighted by atomic mass is 16.5. The van der Waals surface area contributed by atoms with Crippen LogP contribution in [-0.2, 0) is 6.54 Å². The van der Waals surface area contributed by atoms with Crippen molar-refractivity contribution >= 4 is 28.1 Å². The Morgan fingerprint density at radius 2 is 2.00 bits per heavy atom. The highest BCUT2D eigenvalue weighted by molar-refractivity contribution is 6.28. The van der Waals surface area contributed by atoms with E-state index in [4.69, 9.17) is 8.94 Å². The third-order valence-electron chi connectivity index (χ3n) is 5.26. The molecule has 0 fully saturated rings. The zero-order valence-electron chi connectivity index (χ0n) is 15.8. The average Bonchev–Trinajstić information content (AvgIpc) is 3.41. The number of likely N-dealkylation sites (N-methyl/N-ethyl adjacent to an activating group) is 1. The second-order valence-electron chi connectivity index (χ2n) is 7.01. The number of aliphatic hydroxyl groups is 1. The van der Waals surface area contributed by atoms with Crippen molar-refractivity contribution in [1.29, 1.82) is 0 Å². The number of carbonyl (C=O) groups is 1. The molecule has 2 aromatic heterocycles. The molecule has 7 nitrogen and oxygen atoms in total. The maximum Gasteiger partial charge on any atom is 0.196 e. The van der Waals surface area contributed by atoms with Gasteiger partial charge in [-0.2, -0.15) is 0 Å². The van der Waals surface area contributed by atoms with E-state index < -0.39 is 0 Å². The minimum Gasteiger partial charge on any atom is -0.467 e. The number of nitrogens with zero attached hydrogens (tertiary/aromatic N) is 2. The first-order chi connectivity index (χ1) is 14.2. The Labute approximate surface area is 166 Å². The first kappa shape index (κ1) is 17.5. The summed E-state index contributed by atoms with van der Waals surface area (Å²) in [6.07, 6.45) is 1.62. The van der Waals surface area contributed by atoms with Crippen molar-refractivity contribution in [3.63, 3.8) is 0 Å². The van der Waals surface area contributed by atoms with E-state index in [1.165, 1.54) is 0 Å². The fourth-order valence-corrected chi connectivity index (χ4v) is 3.84. The van der Waals surface area contributed by atoms with Gasteiger partial charge in [0.2, 0.25) is 0 Å². The molecule has 0 saturated heterocycles. The zero-order valence-corrected chi connectivity index (χ0v) is 15.8. The molecule has 4 aromatic rings. The first-order valence-electron chi connectivity index (χ1n) is 9.37. The number of fused-ring (bicyclic) bond motifs is 2. The van der Waals surface area contributed by atoms with Crippen molar-refractivity contribution in [2.75, 3.05) is 30.4 Å².